The zero-order chi connectivity index (χ0) is 14.9. The number of hydrogen-bond donors (Lipinski definition) is 1. The van der Waals surface area contributed by atoms with E-state index in [-0.39, 0.29) is 0 Å². The first-order chi connectivity index (χ1) is 9.47. The number of rotatable bonds is 4. The van der Waals surface area contributed by atoms with E-state index in [2.05, 4.69) is 15.9 Å². The number of nitrogens with two attached hydrogens (primary N) is 1. The molecule has 0 aliphatic rings. The van der Waals surface area contributed by atoms with Gasteiger partial charge in [-0.15, -0.1) is 11.3 Å². The molecule has 0 saturated carbocycles. The van der Waals surface area contributed by atoms with Gasteiger partial charge < -0.3 is 15.2 Å². The molecule has 2 rings (SSSR count). The fraction of sp³-hybridized carbons (Fsp3) is 0.231. The molecule has 0 fully saturated rings. The van der Waals surface area contributed by atoms with Gasteiger partial charge in [0.05, 0.1) is 33.4 Å². The van der Waals surface area contributed by atoms with E-state index >= 15 is 0 Å². The average Bonchev–Trinajstić information content (AvgIpc) is 2.76. The lowest BCUT2D eigenvalue weighted by atomic mass is 10.0. The number of ether oxygens (including phenoxy) is 2. The van der Waals surface area contributed by atoms with Crippen LogP contribution in [-0.4, -0.2) is 14.2 Å². The molecular formula is C13H12BrCl2NO2S. The molecule has 0 spiro atoms. The van der Waals surface area contributed by atoms with Crippen molar-refractivity contribution in [1.82, 2.24) is 0 Å². The van der Waals surface area contributed by atoms with E-state index in [9.17, 15) is 0 Å². The predicted octanol–water partition coefficient (Wildman–Crippen LogP) is 4.88. The quantitative estimate of drug-likeness (QED) is 0.800. The van der Waals surface area contributed by atoms with Crippen molar-refractivity contribution in [3.05, 3.63) is 42.5 Å². The molecule has 1 unspecified atom stereocenters. The summed E-state index contributed by atoms with van der Waals surface area (Å²) in [6.07, 6.45) is 0. The SMILES string of the molecule is COc1cc(C(N)c2cc(Cl)sc2Cl)c(OC)cc1Br. The second-order valence-electron chi connectivity index (χ2n) is 3.99. The predicted molar refractivity (Wildman–Crippen MR) is 87.6 cm³/mol. The Morgan fingerprint density at radius 3 is 2.25 bits per heavy atom. The summed E-state index contributed by atoms with van der Waals surface area (Å²) in [4.78, 5) is 0. The highest BCUT2D eigenvalue weighted by atomic mass is 79.9. The van der Waals surface area contributed by atoms with Gasteiger partial charge in [-0.2, -0.15) is 0 Å². The molecule has 3 nitrogen and oxygen atoms in total. The van der Waals surface area contributed by atoms with E-state index in [4.69, 9.17) is 38.4 Å². The van der Waals surface area contributed by atoms with Crippen molar-refractivity contribution in [1.29, 1.82) is 0 Å². The molecule has 1 atom stereocenters. The Morgan fingerprint density at radius 1 is 1.10 bits per heavy atom. The molecule has 2 aromatic rings. The molecule has 0 bridgehead atoms. The lowest BCUT2D eigenvalue weighted by Crippen LogP contribution is -2.13. The van der Waals surface area contributed by atoms with Crippen LogP contribution in [0, 0.1) is 0 Å². The van der Waals surface area contributed by atoms with E-state index in [1.54, 1.807) is 20.3 Å². The van der Waals surface area contributed by atoms with Crippen LogP contribution in [-0.2, 0) is 0 Å². The van der Waals surface area contributed by atoms with E-state index < -0.39 is 6.04 Å². The van der Waals surface area contributed by atoms with Crippen molar-refractivity contribution >= 4 is 50.5 Å². The van der Waals surface area contributed by atoms with Crippen LogP contribution in [0.4, 0.5) is 0 Å². The standard InChI is InChI=1S/C13H12BrCl2NO2S/c1-18-9-5-8(14)10(19-2)3-6(9)12(17)7-4-11(15)20-13(7)16/h3-5,12H,17H2,1-2H3. The number of hydrogen-bond acceptors (Lipinski definition) is 4. The minimum absolute atomic E-state index is 0.441. The zero-order valence-electron chi connectivity index (χ0n) is 10.7. The first-order valence-corrected chi connectivity index (χ1v) is 7.96. The Morgan fingerprint density at radius 2 is 1.75 bits per heavy atom. The smallest absolute Gasteiger partial charge is 0.133 e. The minimum Gasteiger partial charge on any atom is -0.496 e. The normalized spacial score (nSPS) is 12.3. The molecule has 1 heterocycles. The topological polar surface area (TPSA) is 44.5 Å². The van der Waals surface area contributed by atoms with Crippen LogP contribution in [0.15, 0.2) is 22.7 Å². The van der Waals surface area contributed by atoms with Gasteiger partial charge >= 0.3 is 0 Å². The molecular weight excluding hydrogens is 385 g/mol. The lowest BCUT2D eigenvalue weighted by Gasteiger charge is -2.17. The molecule has 2 N–H and O–H groups in total. The summed E-state index contributed by atoms with van der Waals surface area (Å²) >= 11 is 16.8. The Bertz CT molecular complexity index is 633. The molecule has 1 aromatic carbocycles. The van der Waals surface area contributed by atoms with Gasteiger partial charge in [-0.05, 0) is 34.1 Å². The van der Waals surface area contributed by atoms with Crippen LogP contribution in [0.2, 0.25) is 8.67 Å². The van der Waals surface area contributed by atoms with Crippen LogP contribution >= 0.6 is 50.5 Å². The molecule has 0 saturated heterocycles. The third-order valence-corrected chi connectivity index (χ3v) is 5.00. The summed E-state index contributed by atoms with van der Waals surface area (Å²) in [7, 11) is 3.18. The van der Waals surface area contributed by atoms with Gasteiger partial charge in [-0.3, -0.25) is 0 Å². The number of halogens is 3. The third kappa shape index (κ3) is 3.07. The number of thiophene rings is 1. The summed E-state index contributed by atoms with van der Waals surface area (Å²) in [6, 6.07) is 4.97. The van der Waals surface area contributed by atoms with E-state index in [0.29, 0.717) is 20.2 Å². The summed E-state index contributed by atoms with van der Waals surface area (Å²) in [5, 5.41) is 0. The highest BCUT2D eigenvalue weighted by Crippen LogP contribution is 2.41. The summed E-state index contributed by atoms with van der Waals surface area (Å²) in [6.45, 7) is 0. The Kier molecular flexibility index (Phi) is 5.20. The second-order valence-corrected chi connectivity index (χ2v) is 7.13. The van der Waals surface area contributed by atoms with Gasteiger partial charge in [0.15, 0.2) is 0 Å². The summed E-state index contributed by atoms with van der Waals surface area (Å²) < 4.78 is 12.6. The van der Waals surface area contributed by atoms with Gasteiger partial charge in [0.2, 0.25) is 0 Å². The van der Waals surface area contributed by atoms with E-state index in [0.717, 1.165) is 15.6 Å². The lowest BCUT2D eigenvalue weighted by molar-refractivity contribution is 0.395. The fourth-order valence-electron chi connectivity index (χ4n) is 1.86. The van der Waals surface area contributed by atoms with Crippen molar-refractivity contribution in [2.75, 3.05) is 14.2 Å². The van der Waals surface area contributed by atoms with Crippen molar-refractivity contribution in [3.63, 3.8) is 0 Å². The molecule has 1 aromatic heterocycles. The number of methoxy groups -OCH3 is 2. The third-order valence-electron chi connectivity index (χ3n) is 2.86. The van der Waals surface area contributed by atoms with Crippen LogP contribution in [0.5, 0.6) is 11.5 Å². The maximum Gasteiger partial charge on any atom is 0.133 e. The fourth-order valence-corrected chi connectivity index (χ4v) is 3.89. The van der Waals surface area contributed by atoms with E-state index in [1.807, 2.05) is 12.1 Å². The molecule has 0 amide bonds. The van der Waals surface area contributed by atoms with Crippen LogP contribution in [0.1, 0.15) is 17.2 Å². The number of benzene rings is 1. The maximum absolute atomic E-state index is 6.29. The zero-order valence-corrected chi connectivity index (χ0v) is 14.7. The van der Waals surface area contributed by atoms with Gasteiger partial charge in [-0.1, -0.05) is 23.2 Å². The molecule has 20 heavy (non-hydrogen) atoms. The minimum atomic E-state index is -0.441. The van der Waals surface area contributed by atoms with Crippen LogP contribution < -0.4 is 15.2 Å². The van der Waals surface area contributed by atoms with Gasteiger partial charge in [-0.25, -0.2) is 0 Å². The van der Waals surface area contributed by atoms with Crippen molar-refractivity contribution in [3.8, 4) is 11.5 Å². The summed E-state index contributed by atoms with van der Waals surface area (Å²) in [5.41, 5.74) is 7.84. The van der Waals surface area contributed by atoms with Gasteiger partial charge in [0.25, 0.3) is 0 Å². The highest BCUT2D eigenvalue weighted by molar-refractivity contribution is 9.10. The molecule has 7 heteroatoms. The van der Waals surface area contributed by atoms with Crippen LogP contribution in [0.3, 0.4) is 0 Å². The highest BCUT2D eigenvalue weighted by Gasteiger charge is 2.21. The molecule has 0 radical (unpaired) electrons. The van der Waals surface area contributed by atoms with Crippen molar-refractivity contribution in [2.45, 2.75) is 6.04 Å². The van der Waals surface area contributed by atoms with Gasteiger partial charge in [0.1, 0.15) is 11.5 Å². The van der Waals surface area contributed by atoms with Crippen molar-refractivity contribution in [2.24, 2.45) is 5.73 Å². The van der Waals surface area contributed by atoms with Crippen LogP contribution in [0.25, 0.3) is 0 Å². The first-order valence-electron chi connectivity index (χ1n) is 5.59. The largest absolute Gasteiger partial charge is 0.496 e. The Hall–Kier alpha value is -0.460. The summed E-state index contributed by atoms with van der Waals surface area (Å²) in [5.74, 6) is 1.33. The molecule has 108 valence electrons. The Labute approximate surface area is 139 Å². The average molecular weight is 397 g/mol. The molecule has 0 aliphatic heterocycles. The van der Waals surface area contributed by atoms with Crippen molar-refractivity contribution < 1.29 is 9.47 Å². The monoisotopic (exact) mass is 395 g/mol. The molecule has 0 aliphatic carbocycles. The Balaban J connectivity index is 2.53. The first kappa shape index (κ1) is 15.9. The maximum atomic E-state index is 6.29. The van der Waals surface area contributed by atoms with E-state index in [1.165, 1.54) is 11.3 Å². The second kappa shape index (κ2) is 6.54. The van der Waals surface area contributed by atoms with Gasteiger partial charge in [0, 0.05) is 11.1 Å².